The van der Waals surface area contributed by atoms with Gasteiger partial charge in [-0.15, -0.1) is 0 Å². The Labute approximate surface area is 135 Å². The summed E-state index contributed by atoms with van der Waals surface area (Å²) in [6, 6.07) is 9.47. The largest absolute Gasteiger partial charge is 0.346 e. The average molecular weight is 331 g/mol. The molecule has 1 unspecified atom stereocenters. The third kappa shape index (κ3) is 5.01. The molecule has 120 valence electrons. The molecule has 1 heterocycles. The summed E-state index contributed by atoms with van der Waals surface area (Å²) in [6.07, 6.45) is 6.35. The first-order valence-corrected chi connectivity index (χ1v) is 8.42. The number of nitrogens with two attached hydrogens (primary N) is 1. The van der Waals surface area contributed by atoms with Gasteiger partial charge in [-0.25, -0.2) is 13.6 Å². The summed E-state index contributed by atoms with van der Waals surface area (Å²) < 4.78 is 22.3. The summed E-state index contributed by atoms with van der Waals surface area (Å²) in [7, 11) is -3.71. The molecule has 0 aliphatic carbocycles. The maximum absolute atomic E-state index is 11.9. The van der Waals surface area contributed by atoms with Crippen LogP contribution in [0, 0.1) is 0 Å². The van der Waals surface area contributed by atoms with Crippen molar-refractivity contribution >= 4 is 22.0 Å². The highest BCUT2D eigenvalue weighted by Gasteiger charge is 2.08. The van der Waals surface area contributed by atoms with Crippen molar-refractivity contribution in [3.8, 4) is 0 Å². The maximum Gasteiger partial charge on any atom is 0.244 e. The van der Waals surface area contributed by atoms with Gasteiger partial charge < -0.3 is 5.32 Å². The number of rotatable bonds is 5. The zero-order chi connectivity index (χ0) is 16.9. The average Bonchev–Trinajstić information content (AvgIpc) is 2.53. The van der Waals surface area contributed by atoms with Crippen LogP contribution in [0.5, 0.6) is 0 Å². The zero-order valence-corrected chi connectivity index (χ0v) is 13.3. The third-order valence-electron chi connectivity index (χ3n) is 3.18. The third-order valence-corrected chi connectivity index (χ3v) is 4.11. The Bertz CT molecular complexity index is 800. The molecular weight excluding hydrogens is 314 g/mol. The molecule has 7 heteroatoms. The minimum Gasteiger partial charge on any atom is -0.346 e. The van der Waals surface area contributed by atoms with Crippen LogP contribution in [0.1, 0.15) is 24.1 Å². The molecule has 0 saturated heterocycles. The Balaban J connectivity index is 1.98. The van der Waals surface area contributed by atoms with E-state index in [1.54, 1.807) is 36.7 Å². The van der Waals surface area contributed by atoms with Crippen LogP contribution in [0.25, 0.3) is 6.08 Å². The van der Waals surface area contributed by atoms with Crippen LogP contribution in [0.3, 0.4) is 0 Å². The van der Waals surface area contributed by atoms with Gasteiger partial charge in [0.15, 0.2) is 0 Å². The highest BCUT2D eigenvalue weighted by Crippen LogP contribution is 2.11. The van der Waals surface area contributed by atoms with Crippen molar-refractivity contribution in [2.75, 3.05) is 0 Å². The summed E-state index contributed by atoms with van der Waals surface area (Å²) in [6.45, 7) is 1.86. The van der Waals surface area contributed by atoms with Gasteiger partial charge in [0.2, 0.25) is 15.9 Å². The first kappa shape index (κ1) is 16.9. The lowest BCUT2D eigenvalue weighted by Gasteiger charge is -2.11. The Hall–Kier alpha value is -2.51. The van der Waals surface area contributed by atoms with E-state index in [9.17, 15) is 13.2 Å². The molecule has 3 N–H and O–H groups in total. The number of carbonyl (C=O) groups is 1. The predicted octanol–water partition coefficient (Wildman–Crippen LogP) is 1.62. The van der Waals surface area contributed by atoms with Gasteiger partial charge in [-0.3, -0.25) is 9.78 Å². The number of hydrogen-bond donors (Lipinski definition) is 2. The highest BCUT2D eigenvalue weighted by atomic mass is 32.2. The number of nitrogens with zero attached hydrogens (tertiary/aromatic N) is 1. The van der Waals surface area contributed by atoms with E-state index in [1.807, 2.05) is 13.0 Å². The molecule has 1 aromatic carbocycles. The summed E-state index contributed by atoms with van der Waals surface area (Å²) in [5, 5.41) is 7.84. The van der Waals surface area contributed by atoms with Crippen LogP contribution in [0.4, 0.5) is 0 Å². The SMILES string of the molecule is CC(NC(=O)C=Cc1ccc(S(N)(=O)=O)cc1)c1cccnc1. The highest BCUT2D eigenvalue weighted by molar-refractivity contribution is 7.89. The summed E-state index contributed by atoms with van der Waals surface area (Å²) in [5.41, 5.74) is 1.60. The van der Waals surface area contributed by atoms with E-state index in [0.717, 1.165) is 5.56 Å². The zero-order valence-electron chi connectivity index (χ0n) is 12.5. The van der Waals surface area contributed by atoms with Crippen LogP contribution in [0.15, 0.2) is 59.8 Å². The van der Waals surface area contributed by atoms with Gasteiger partial charge in [0.25, 0.3) is 0 Å². The van der Waals surface area contributed by atoms with Gasteiger partial charge in [0.1, 0.15) is 0 Å². The second-order valence-corrected chi connectivity index (χ2v) is 6.53. The summed E-state index contributed by atoms with van der Waals surface area (Å²) in [5.74, 6) is -0.253. The smallest absolute Gasteiger partial charge is 0.244 e. The van der Waals surface area contributed by atoms with Gasteiger partial charge in [0, 0.05) is 18.5 Å². The number of primary sulfonamides is 1. The van der Waals surface area contributed by atoms with Crippen molar-refractivity contribution in [2.24, 2.45) is 5.14 Å². The number of amides is 1. The van der Waals surface area contributed by atoms with Crippen LogP contribution >= 0.6 is 0 Å². The molecule has 2 rings (SSSR count). The van der Waals surface area contributed by atoms with E-state index in [-0.39, 0.29) is 16.8 Å². The molecule has 0 spiro atoms. The Kier molecular flexibility index (Phi) is 5.25. The van der Waals surface area contributed by atoms with Gasteiger partial charge in [-0.1, -0.05) is 18.2 Å². The molecule has 0 fully saturated rings. The van der Waals surface area contributed by atoms with Gasteiger partial charge in [0.05, 0.1) is 10.9 Å². The molecule has 1 atom stereocenters. The fraction of sp³-hybridized carbons (Fsp3) is 0.125. The van der Waals surface area contributed by atoms with E-state index in [2.05, 4.69) is 10.3 Å². The fourth-order valence-corrected chi connectivity index (χ4v) is 2.43. The molecule has 0 saturated carbocycles. The first-order valence-electron chi connectivity index (χ1n) is 6.87. The topological polar surface area (TPSA) is 102 Å². The van der Waals surface area contributed by atoms with Gasteiger partial charge >= 0.3 is 0 Å². The van der Waals surface area contributed by atoms with Crippen LogP contribution < -0.4 is 10.5 Å². The monoisotopic (exact) mass is 331 g/mol. The number of hydrogen-bond acceptors (Lipinski definition) is 4. The molecule has 0 radical (unpaired) electrons. The minimum atomic E-state index is -3.71. The first-order chi connectivity index (χ1) is 10.9. The normalized spacial score (nSPS) is 13.0. The van der Waals surface area contributed by atoms with E-state index in [4.69, 9.17) is 5.14 Å². The summed E-state index contributed by atoms with van der Waals surface area (Å²) in [4.78, 5) is 15.9. The van der Waals surface area contributed by atoms with Crippen molar-refractivity contribution in [1.82, 2.24) is 10.3 Å². The molecule has 0 aliphatic rings. The van der Waals surface area contributed by atoms with Crippen LogP contribution in [0.2, 0.25) is 0 Å². The Morgan fingerprint density at radius 1 is 1.26 bits per heavy atom. The molecule has 1 amide bonds. The quantitative estimate of drug-likeness (QED) is 0.813. The lowest BCUT2D eigenvalue weighted by Crippen LogP contribution is -2.24. The molecule has 6 nitrogen and oxygen atoms in total. The lowest BCUT2D eigenvalue weighted by atomic mass is 10.1. The second-order valence-electron chi connectivity index (χ2n) is 4.96. The van der Waals surface area contributed by atoms with Crippen molar-refractivity contribution in [1.29, 1.82) is 0 Å². The second kappa shape index (κ2) is 7.17. The molecule has 1 aromatic heterocycles. The van der Waals surface area contributed by atoms with E-state index in [1.165, 1.54) is 18.2 Å². The molecular formula is C16H17N3O3S. The van der Waals surface area contributed by atoms with Crippen LogP contribution in [-0.4, -0.2) is 19.3 Å². The van der Waals surface area contributed by atoms with Gasteiger partial charge in [-0.05, 0) is 42.3 Å². The molecule has 23 heavy (non-hydrogen) atoms. The van der Waals surface area contributed by atoms with Crippen molar-refractivity contribution in [3.63, 3.8) is 0 Å². The van der Waals surface area contributed by atoms with E-state index in [0.29, 0.717) is 5.56 Å². The molecule has 0 aliphatic heterocycles. The van der Waals surface area contributed by atoms with Gasteiger partial charge in [-0.2, -0.15) is 0 Å². The molecule has 2 aromatic rings. The van der Waals surface area contributed by atoms with Crippen molar-refractivity contribution in [3.05, 3.63) is 66.0 Å². The Morgan fingerprint density at radius 3 is 2.52 bits per heavy atom. The lowest BCUT2D eigenvalue weighted by molar-refractivity contribution is -0.117. The number of benzene rings is 1. The summed E-state index contributed by atoms with van der Waals surface area (Å²) >= 11 is 0. The number of carbonyl (C=O) groups excluding carboxylic acids is 1. The number of sulfonamides is 1. The number of nitrogens with one attached hydrogen (secondary N) is 1. The van der Waals surface area contributed by atoms with Crippen LogP contribution in [-0.2, 0) is 14.8 Å². The van der Waals surface area contributed by atoms with Crippen molar-refractivity contribution in [2.45, 2.75) is 17.9 Å². The predicted molar refractivity (Wildman–Crippen MR) is 87.6 cm³/mol. The minimum absolute atomic E-state index is 0.0318. The maximum atomic E-state index is 11.9. The fourth-order valence-electron chi connectivity index (χ4n) is 1.92. The van der Waals surface area contributed by atoms with E-state index < -0.39 is 10.0 Å². The standard InChI is InChI=1S/C16H17N3O3S/c1-12(14-3-2-10-18-11-14)19-16(20)9-6-13-4-7-15(8-5-13)23(17,21)22/h2-12H,1H3,(H,19,20)(H2,17,21,22). The Morgan fingerprint density at radius 2 is 1.96 bits per heavy atom. The number of pyridine rings is 1. The van der Waals surface area contributed by atoms with Crippen molar-refractivity contribution < 1.29 is 13.2 Å². The van der Waals surface area contributed by atoms with E-state index >= 15 is 0 Å². The molecule has 0 bridgehead atoms. The number of aromatic nitrogens is 1.